The van der Waals surface area contributed by atoms with Crippen LogP contribution in [0.4, 0.5) is 17.1 Å². The van der Waals surface area contributed by atoms with Gasteiger partial charge in [-0.25, -0.2) is 0 Å². The van der Waals surface area contributed by atoms with Crippen LogP contribution in [-0.4, -0.2) is 0 Å². The van der Waals surface area contributed by atoms with Crippen LogP contribution in [0.25, 0.3) is 43.8 Å². The van der Waals surface area contributed by atoms with Crippen LogP contribution in [0, 0.1) is 0 Å². The normalized spacial score (nSPS) is 17.0. The van der Waals surface area contributed by atoms with Crippen molar-refractivity contribution in [1.29, 1.82) is 0 Å². The van der Waals surface area contributed by atoms with Gasteiger partial charge >= 0.3 is 0 Å². The zero-order valence-electron chi connectivity index (χ0n) is 33.2. The molecule has 1 aliphatic carbocycles. The first kappa shape index (κ1) is 21.5. The van der Waals surface area contributed by atoms with Gasteiger partial charge in [-0.05, 0) is 105 Å². The molecule has 8 aromatic carbocycles. The Morgan fingerprint density at radius 1 is 0.469 bits per heavy atom. The van der Waals surface area contributed by atoms with Gasteiger partial charge in [0.05, 0.1) is 15.0 Å². The van der Waals surface area contributed by atoms with Crippen molar-refractivity contribution in [3.63, 3.8) is 0 Å². The summed E-state index contributed by atoms with van der Waals surface area (Å²) in [6, 6.07) is 45.5. The largest absolute Gasteiger partial charge is 0.456 e. The number of benzene rings is 8. The van der Waals surface area contributed by atoms with E-state index in [1.807, 2.05) is 115 Å². The summed E-state index contributed by atoms with van der Waals surface area (Å²) in [6.07, 6.45) is 0. The van der Waals surface area contributed by atoms with E-state index >= 15 is 0 Å². The molecule has 1 atom stereocenters. The van der Waals surface area contributed by atoms with Crippen LogP contribution in [0.3, 0.4) is 0 Å². The van der Waals surface area contributed by atoms with Crippen molar-refractivity contribution in [2.45, 2.75) is 5.41 Å². The molecular weight excluding hydrogens is 595 g/mol. The Bertz CT molecular complexity index is 3030. The second kappa shape index (κ2) is 10.8. The van der Waals surface area contributed by atoms with Crippen molar-refractivity contribution in [3.05, 3.63) is 210 Å². The fourth-order valence-corrected chi connectivity index (χ4v) is 7.67. The van der Waals surface area contributed by atoms with E-state index in [0.29, 0.717) is 5.58 Å². The number of para-hydroxylation sites is 3. The number of hydrogen-bond donors (Lipinski definition) is 0. The van der Waals surface area contributed by atoms with Gasteiger partial charge in [-0.3, -0.25) is 0 Å². The third-order valence-electron chi connectivity index (χ3n) is 9.75. The molecule has 2 nitrogen and oxygen atoms in total. The Labute approximate surface area is 295 Å². The molecule has 9 aromatic rings. The molecule has 0 bridgehead atoms. The van der Waals surface area contributed by atoms with Gasteiger partial charge in [0.1, 0.15) is 11.2 Å². The highest BCUT2D eigenvalue weighted by Crippen LogP contribution is 2.58. The first-order chi connectivity index (χ1) is 27.2. The molecule has 0 saturated carbocycles. The molecule has 1 aromatic heterocycles. The van der Waals surface area contributed by atoms with Crippen molar-refractivity contribution in [3.8, 4) is 11.1 Å². The Morgan fingerprint density at radius 2 is 1.14 bits per heavy atom. The van der Waals surface area contributed by atoms with Gasteiger partial charge in [0, 0.05) is 27.8 Å². The molecule has 0 aliphatic heterocycles. The van der Waals surface area contributed by atoms with Gasteiger partial charge < -0.3 is 9.32 Å². The number of rotatable bonds is 5. The standard InChI is InChI=1S/C47H31NO/c1-3-15-36(16-4-1)48(37-17-5-2-6-18-37)38-26-27-44-41(31-38)39-19-9-11-21-43(39)47(44,34-24-23-32-13-7-8-14-33(32)29-34)35-25-28-46-42(30-35)40-20-10-12-22-45(40)49-46/h1-31H/i7D,8D,13D,14D,23D,24D,29D. The molecule has 49 heavy (non-hydrogen) atoms. The van der Waals surface area contributed by atoms with E-state index in [-0.39, 0.29) is 34.5 Å². The Kier molecular flexibility index (Phi) is 4.75. The second-order valence-corrected chi connectivity index (χ2v) is 12.3. The van der Waals surface area contributed by atoms with Gasteiger partial charge in [0.15, 0.2) is 0 Å². The summed E-state index contributed by atoms with van der Waals surface area (Å²) in [5, 5.41) is 1.55. The van der Waals surface area contributed by atoms with E-state index in [2.05, 4.69) is 35.2 Å². The molecule has 0 fully saturated rings. The topological polar surface area (TPSA) is 16.4 Å². The molecule has 0 spiro atoms. The van der Waals surface area contributed by atoms with Crippen LogP contribution in [0.15, 0.2) is 192 Å². The minimum Gasteiger partial charge on any atom is -0.456 e. The van der Waals surface area contributed by atoms with Crippen molar-refractivity contribution in [2.75, 3.05) is 4.90 Å². The average molecular weight is 633 g/mol. The van der Waals surface area contributed by atoms with Crippen LogP contribution in [0.5, 0.6) is 0 Å². The summed E-state index contributed by atoms with van der Waals surface area (Å²) >= 11 is 0. The van der Waals surface area contributed by atoms with Gasteiger partial charge in [0.2, 0.25) is 0 Å². The SMILES string of the molecule is [2H]c1c([2H])c([2H])c2c([2H])c(C3(c4ccc5oc6ccccc6c5c4)c4ccccc4-c4cc(N(c5ccccc5)c5ccccc5)ccc43)c([2H])c([2H])c2c1[2H]. The van der Waals surface area contributed by atoms with Gasteiger partial charge in [-0.2, -0.15) is 0 Å². The smallest absolute Gasteiger partial charge is 0.135 e. The van der Waals surface area contributed by atoms with E-state index in [9.17, 15) is 4.11 Å². The number of anilines is 3. The average Bonchev–Trinajstić information content (AvgIpc) is 3.75. The van der Waals surface area contributed by atoms with E-state index < -0.39 is 29.6 Å². The predicted octanol–water partition coefficient (Wildman–Crippen LogP) is 12.6. The predicted molar refractivity (Wildman–Crippen MR) is 203 cm³/mol. The summed E-state index contributed by atoms with van der Waals surface area (Å²) in [7, 11) is 0. The molecular formula is C47H31NO. The maximum absolute atomic E-state index is 9.93. The molecule has 2 heteroatoms. The third kappa shape index (κ3) is 4.14. The molecule has 230 valence electrons. The zero-order valence-corrected chi connectivity index (χ0v) is 26.2. The summed E-state index contributed by atoms with van der Waals surface area (Å²) in [6.45, 7) is 0. The van der Waals surface area contributed by atoms with Crippen LogP contribution < -0.4 is 4.90 Å². The first-order valence-electron chi connectivity index (χ1n) is 19.8. The van der Waals surface area contributed by atoms with E-state index in [1.165, 1.54) is 0 Å². The first-order valence-corrected chi connectivity index (χ1v) is 16.3. The maximum Gasteiger partial charge on any atom is 0.135 e. The summed E-state index contributed by atoms with van der Waals surface area (Å²) in [5.74, 6) is 0. The Balaban J connectivity index is 1.36. The summed E-state index contributed by atoms with van der Waals surface area (Å²) < 4.78 is 70.0. The van der Waals surface area contributed by atoms with Gasteiger partial charge in [-0.15, -0.1) is 0 Å². The monoisotopic (exact) mass is 632 g/mol. The van der Waals surface area contributed by atoms with Crippen LogP contribution in [-0.2, 0) is 5.41 Å². The van der Waals surface area contributed by atoms with E-state index in [0.717, 1.165) is 61.2 Å². The number of furan rings is 1. The second-order valence-electron chi connectivity index (χ2n) is 12.3. The lowest BCUT2D eigenvalue weighted by atomic mass is 9.67. The highest BCUT2D eigenvalue weighted by molar-refractivity contribution is 6.05. The quantitative estimate of drug-likeness (QED) is 0.188. The molecule has 10 rings (SSSR count). The van der Waals surface area contributed by atoms with Gasteiger partial charge in [0.25, 0.3) is 0 Å². The molecule has 1 aliphatic rings. The molecule has 1 heterocycles. The van der Waals surface area contributed by atoms with Crippen molar-refractivity contribution in [2.24, 2.45) is 0 Å². The lowest BCUT2D eigenvalue weighted by molar-refractivity contribution is 0.668. The molecule has 0 N–H and O–H groups in total. The van der Waals surface area contributed by atoms with Gasteiger partial charge in [-0.1, -0.05) is 127 Å². The summed E-state index contributed by atoms with van der Waals surface area (Å²) in [4.78, 5) is 2.19. The minimum absolute atomic E-state index is 0.0805. The van der Waals surface area contributed by atoms with Crippen LogP contribution >= 0.6 is 0 Å². The number of fused-ring (bicyclic) bond motifs is 7. The Hall–Kier alpha value is -6.38. The number of nitrogens with zero attached hydrogens (tertiary/aromatic N) is 1. The lowest BCUT2D eigenvalue weighted by Gasteiger charge is -2.34. The highest BCUT2D eigenvalue weighted by atomic mass is 16.3. The van der Waals surface area contributed by atoms with E-state index in [1.54, 1.807) is 0 Å². The van der Waals surface area contributed by atoms with E-state index in [4.69, 9.17) is 9.90 Å². The minimum atomic E-state index is -1.35. The van der Waals surface area contributed by atoms with Crippen LogP contribution in [0.1, 0.15) is 31.8 Å². The molecule has 0 radical (unpaired) electrons. The Morgan fingerprint density at radius 3 is 1.96 bits per heavy atom. The third-order valence-corrected chi connectivity index (χ3v) is 9.75. The fourth-order valence-electron chi connectivity index (χ4n) is 7.67. The maximum atomic E-state index is 9.93. The van der Waals surface area contributed by atoms with Crippen molar-refractivity contribution in [1.82, 2.24) is 0 Å². The molecule has 1 unspecified atom stereocenters. The lowest BCUT2D eigenvalue weighted by Crippen LogP contribution is -2.28. The zero-order chi connectivity index (χ0) is 38.5. The fraction of sp³-hybridized carbons (Fsp3) is 0.0213. The summed E-state index contributed by atoms with van der Waals surface area (Å²) in [5.41, 5.74) is 7.17. The molecule has 0 amide bonds. The van der Waals surface area contributed by atoms with Crippen molar-refractivity contribution < 1.29 is 14.0 Å². The van der Waals surface area contributed by atoms with Crippen LogP contribution in [0.2, 0.25) is 0 Å². The number of hydrogen-bond acceptors (Lipinski definition) is 2. The molecule has 0 saturated heterocycles. The highest BCUT2D eigenvalue weighted by Gasteiger charge is 2.46. The van der Waals surface area contributed by atoms with Crippen molar-refractivity contribution >= 4 is 49.8 Å².